The van der Waals surface area contributed by atoms with Crippen LogP contribution in [0.5, 0.6) is 0 Å². The minimum absolute atomic E-state index is 0.112. The summed E-state index contributed by atoms with van der Waals surface area (Å²) in [5.41, 5.74) is 1.54. The van der Waals surface area contributed by atoms with Crippen LogP contribution in [0.2, 0.25) is 0 Å². The molecule has 2 amide bonds. The molecule has 1 aromatic heterocycles. The van der Waals surface area contributed by atoms with Gasteiger partial charge in [-0.2, -0.15) is 0 Å². The van der Waals surface area contributed by atoms with Crippen molar-refractivity contribution in [3.8, 4) is 0 Å². The van der Waals surface area contributed by atoms with E-state index in [9.17, 15) is 9.59 Å². The van der Waals surface area contributed by atoms with E-state index >= 15 is 0 Å². The highest BCUT2D eigenvalue weighted by Gasteiger charge is 2.09. The summed E-state index contributed by atoms with van der Waals surface area (Å²) in [6, 6.07) is 5.55. The fourth-order valence-corrected chi connectivity index (χ4v) is 3.60. The van der Waals surface area contributed by atoms with E-state index in [1.54, 1.807) is 0 Å². The average Bonchev–Trinajstić information content (AvgIpc) is 2.96. The predicted octanol–water partition coefficient (Wildman–Crippen LogP) is 3.52. The monoisotopic (exact) mass is 423 g/mol. The number of rotatable bonds is 6. The molecule has 0 saturated heterocycles. The number of hydrogen-bond acceptors (Lipinski definition) is 6. The molecular formula is C17H21N5O2S3. The summed E-state index contributed by atoms with van der Waals surface area (Å²) in [7, 11) is 0. The molecule has 0 aliphatic rings. The molecule has 1 heterocycles. The minimum Gasteiger partial charge on any atom is -0.332 e. The maximum atomic E-state index is 11.6. The maximum Gasteiger partial charge on any atom is 0.226 e. The van der Waals surface area contributed by atoms with Crippen LogP contribution in [-0.4, -0.2) is 27.0 Å². The summed E-state index contributed by atoms with van der Waals surface area (Å²) < 4.78 is 0.910. The highest BCUT2D eigenvalue weighted by Crippen LogP contribution is 2.28. The van der Waals surface area contributed by atoms with E-state index in [-0.39, 0.29) is 22.0 Å². The molecule has 1 aromatic carbocycles. The number of fused-ring (bicyclic) bond motifs is 1. The number of aromatic nitrogens is 1. The standard InChI is InChI=1S/C17H21N5O2S3/c1-3-5-13(23)20-15(25)18-10-7-8-11-12(9-10)27-17(19-11)22-16(26)21-14(24)6-4-2/h7-9H,3-6H2,1-2H3,(H2,18,20,23,25)(H2,19,21,22,24,26). The van der Waals surface area contributed by atoms with E-state index in [1.165, 1.54) is 11.3 Å². The number of thiazole rings is 1. The first-order valence-corrected chi connectivity index (χ1v) is 10.2. The van der Waals surface area contributed by atoms with Gasteiger partial charge in [0.1, 0.15) is 0 Å². The van der Waals surface area contributed by atoms with Gasteiger partial charge in [-0.05, 0) is 55.5 Å². The smallest absolute Gasteiger partial charge is 0.226 e. The van der Waals surface area contributed by atoms with Gasteiger partial charge in [0.15, 0.2) is 15.4 Å². The van der Waals surface area contributed by atoms with Crippen molar-refractivity contribution in [3.63, 3.8) is 0 Å². The number of carbonyl (C=O) groups is 2. The molecule has 0 unspecified atom stereocenters. The lowest BCUT2D eigenvalue weighted by atomic mass is 10.3. The molecule has 4 N–H and O–H groups in total. The van der Waals surface area contributed by atoms with Gasteiger partial charge < -0.3 is 21.3 Å². The van der Waals surface area contributed by atoms with Crippen molar-refractivity contribution >= 4 is 78.8 Å². The highest BCUT2D eigenvalue weighted by atomic mass is 32.1. The van der Waals surface area contributed by atoms with E-state index in [0.717, 1.165) is 28.7 Å². The normalized spacial score (nSPS) is 10.3. The number of benzene rings is 1. The summed E-state index contributed by atoms with van der Waals surface area (Å²) in [5, 5.41) is 12.2. The molecule has 27 heavy (non-hydrogen) atoms. The Morgan fingerprint density at radius 2 is 1.59 bits per heavy atom. The summed E-state index contributed by atoms with van der Waals surface area (Å²) >= 11 is 11.7. The molecule has 7 nitrogen and oxygen atoms in total. The Balaban J connectivity index is 1.99. The SMILES string of the molecule is CCCC(=O)NC(=S)Nc1ccc2nc(NC(=S)NC(=O)CCC)sc2c1. The van der Waals surface area contributed by atoms with Crippen LogP contribution >= 0.6 is 35.8 Å². The second kappa shape index (κ2) is 10.2. The molecule has 0 fully saturated rings. The van der Waals surface area contributed by atoms with E-state index in [2.05, 4.69) is 26.3 Å². The van der Waals surface area contributed by atoms with Crippen molar-refractivity contribution in [2.75, 3.05) is 10.6 Å². The number of amides is 2. The Morgan fingerprint density at radius 1 is 1.00 bits per heavy atom. The number of nitrogens with one attached hydrogen (secondary N) is 4. The molecule has 10 heteroatoms. The third-order valence-corrected chi connectivity index (χ3v) is 4.67. The Kier molecular flexibility index (Phi) is 8.01. The molecule has 0 aliphatic carbocycles. The quantitative estimate of drug-likeness (QED) is 0.528. The largest absolute Gasteiger partial charge is 0.332 e. The topological polar surface area (TPSA) is 95.2 Å². The molecule has 0 radical (unpaired) electrons. The maximum absolute atomic E-state index is 11.6. The number of carbonyl (C=O) groups excluding carboxylic acids is 2. The second-order valence-electron chi connectivity index (χ2n) is 5.71. The fraction of sp³-hybridized carbons (Fsp3) is 0.353. The molecule has 144 valence electrons. The van der Waals surface area contributed by atoms with Crippen LogP contribution in [0.3, 0.4) is 0 Å². The van der Waals surface area contributed by atoms with Crippen LogP contribution in [0.15, 0.2) is 18.2 Å². The van der Waals surface area contributed by atoms with Crippen molar-refractivity contribution in [2.24, 2.45) is 0 Å². The van der Waals surface area contributed by atoms with Gasteiger partial charge in [-0.3, -0.25) is 9.59 Å². The zero-order valence-corrected chi connectivity index (χ0v) is 17.5. The summed E-state index contributed by atoms with van der Waals surface area (Å²) in [6.45, 7) is 3.86. The Bertz CT molecular complexity index is 833. The van der Waals surface area contributed by atoms with Crippen molar-refractivity contribution in [1.82, 2.24) is 15.6 Å². The average molecular weight is 424 g/mol. The van der Waals surface area contributed by atoms with Gasteiger partial charge in [-0.15, -0.1) is 0 Å². The highest BCUT2D eigenvalue weighted by molar-refractivity contribution is 7.80. The number of anilines is 2. The predicted molar refractivity (Wildman–Crippen MR) is 118 cm³/mol. The van der Waals surface area contributed by atoms with Crippen molar-refractivity contribution in [1.29, 1.82) is 0 Å². The third kappa shape index (κ3) is 6.81. The molecule has 0 saturated carbocycles. The first-order chi connectivity index (χ1) is 12.9. The zero-order valence-electron chi connectivity index (χ0n) is 15.0. The van der Waals surface area contributed by atoms with Gasteiger partial charge >= 0.3 is 0 Å². The van der Waals surface area contributed by atoms with Gasteiger partial charge in [0.2, 0.25) is 11.8 Å². The fourth-order valence-electron chi connectivity index (χ4n) is 2.18. The van der Waals surface area contributed by atoms with Crippen LogP contribution in [0.25, 0.3) is 10.2 Å². The molecule has 0 atom stereocenters. The van der Waals surface area contributed by atoms with Crippen molar-refractivity contribution in [2.45, 2.75) is 39.5 Å². The van der Waals surface area contributed by atoms with Crippen LogP contribution < -0.4 is 21.3 Å². The van der Waals surface area contributed by atoms with Gasteiger partial charge in [-0.25, -0.2) is 4.98 Å². The molecule has 0 bridgehead atoms. The van der Waals surface area contributed by atoms with Crippen LogP contribution in [0, 0.1) is 0 Å². The lowest BCUT2D eigenvalue weighted by molar-refractivity contribution is -0.120. The first-order valence-electron chi connectivity index (χ1n) is 8.53. The number of hydrogen-bond donors (Lipinski definition) is 4. The number of nitrogens with zero attached hydrogens (tertiary/aromatic N) is 1. The lowest BCUT2D eigenvalue weighted by Crippen LogP contribution is -2.33. The number of thiocarbonyl (C=S) groups is 2. The van der Waals surface area contributed by atoms with E-state index in [0.29, 0.717) is 18.0 Å². The third-order valence-electron chi connectivity index (χ3n) is 3.33. The van der Waals surface area contributed by atoms with E-state index in [4.69, 9.17) is 24.4 Å². The Morgan fingerprint density at radius 3 is 2.19 bits per heavy atom. The van der Waals surface area contributed by atoms with Gasteiger partial charge in [0.25, 0.3) is 0 Å². The summed E-state index contributed by atoms with van der Waals surface area (Å²) in [6.07, 6.45) is 2.37. The lowest BCUT2D eigenvalue weighted by Gasteiger charge is -2.08. The second-order valence-corrected chi connectivity index (χ2v) is 7.55. The summed E-state index contributed by atoms with van der Waals surface area (Å²) in [5.74, 6) is -0.236. The molecular weight excluding hydrogens is 402 g/mol. The summed E-state index contributed by atoms with van der Waals surface area (Å²) in [4.78, 5) is 27.6. The van der Waals surface area contributed by atoms with Gasteiger partial charge in [-0.1, -0.05) is 25.2 Å². The Labute approximate surface area is 172 Å². The molecule has 2 aromatic rings. The minimum atomic E-state index is -0.124. The van der Waals surface area contributed by atoms with Gasteiger partial charge in [0.05, 0.1) is 10.2 Å². The van der Waals surface area contributed by atoms with E-state index < -0.39 is 0 Å². The van der Waals surface area contributed by atoms with Crippen molar-refractivity contribution in [3.05, 3.63) is 18.2 Å². The van der Waals surface area contributed by atoms with E-state index in [1.807, 2.05) is 32.0 Å². The molecule has 0 aliphatic heterocycles. The van der Waals surface area contributed by atoms with Crippen LogP contribution in [0.4, 0.5) is 10.8 Å². The van der Waals surface area contributed by atoms with Crippen LogP contribution in [0.1, 0.15) is 39.5 Å². The van der Waals surface area contributed by atoms with Crippen LogP contribution in [-0.2, 0) is 9.59 Å². The first kappa shape index (κ1) is 21.1. The molecule has 2 rings (SSSR count). The molecule has 0 spiro atoms. The zero-order chi connectivity index (χ0) is 19.8. The van der Waals surface area contributed by atoms with Gasteiger partial charge in [0, 0.05) is 18.5 Å². The van der Waals surface area contributed by atoms with Crippen molar-refractivity contribution < 1.29 is 9.59 Å². The Hall–Kier alpha value is -2.17.